The largest absolute Gasteiger partial charge is 0.325 e. The van der Waals surface area contributed by atoms with E-state index in [2.05, 4.69) is 0 Å². The number of hydrogen-bond acceptors (Lipinski definition) is 4. The Kier molecular flexibility index (Phi) is 6.20. The average molecular weight is 453 g/mol. The number of halogens is 1. The first-order chi connectivity index (χ1) is 14.9. The second-order valence-corrected chi connectivity index (χ2v) is 8.86. The van der Waals surface area contributed by atoms with Crippen LogP contribution in [0.3, 0.4) is 0 Å². The molecule has 2 heterocycles. The topological polar surface area (TPSA) is 57.7 Å². The number of imide groups is 1. The minimum atomic E-state index is -0.831. The van der Waals surface area contributed by atoms with Crippen LogP contribution in [0, 0.1) is 6.92 Å². The summed E-state index contributed by atoms with van der Waals surface area (Å²) in [4.78, 5) is 42.6. The fourth-order valence-electron chi connectivity index (χ4n) is 3.71. The fourth-order valence-corrected chi connectivity index (χ4v) is 4.60. The second kappa shape index (κ2) is 9.04. The predicted octanol–water partition coefficient (Wildman–Crippen LogP) is 4.73. The lowest BCUT2D eigenvalue weighted by Crippen LogP contribution is -2.46. The maximum absolute atomic E-state index is 13.3. The Morgan fingerprint density at radius 2 is 1.90 bits per heavy atom. The molecule has 1 atom stereocenters. The zero-order chi connectivity index (χ0) is 22.0. The van der Waals surface area contributed by atoms with E-state index in [-0.39, 0.29) is 24.1 Å². The first-order valence-corrected chi connectivity index (χ1v) is 11.2. The zero-order valence-electron chi connectivity index (χ0n) is 17.0. The molecule has 1 aliphatic rings. The van der Waals surface area contributed by atoms with Gasteiger partial charge in [0.15, 0.2) is 0 Å². The molecule has 0 spiro atoms. The van der Waals surface area contributed by atoms with E-state index in [9.17, 15) is 14.4 Å². The van der Waals surface area contributed by atoms with Crippen molar-refractivity contribution < 1.29 is 14.4 Å². The first kappa shape index (κ1) is 21.3. The summed E-state index contributed by atoms with van der Waals surface area (Å²) in [7, 11) is 0. The quantitative estimate of drug-likeness (QED) is 0.508. The third-order valence-corrected chi connectivity index (χ3v) is 6.41. The van der Waals surface area contributed by atoms with Crippen molar-refractivity contribution in [3.63, 3.8) is 0 Å². The number of amides is 3. The van der Waals surface area contributed by atoms with Crippen LogP contribution in [0.2, 0.25) is 5.02 Å². The summed E-state index contributed by atoms with van der Waals surface area (Å²) in [6, 6.07) is 17.3. The van der Waals surface area contributed by atoms with Gasteiger partial charge >= 0.3 is 0 Å². The minimum Gasteiger partial charge on any atom is -0.325 e. The third kappa shape index (κ3) is 4.55. The maximum atomic E-state index is 13.3. The van der Waals surface area contributed by atoms with Gasteiger partial charge in [-0.1, -0.05) is 47.5 Å². The van der Waals surface area contributed by atoms with Crippen LogP contribution in [0.4, 0.5) is 5.69 Å². The van der Waals surface area contributed by atoms with Crippen LogP contribution in [0.25, 0.3) is 0 Å². The van der Waals surface area contributed by atoms with Gasteiger partial charge in [0.05, 0.1) is 17.0 Å². The zero-order valence-corrected chi connectivity index (χ0v) is 18.5. The Labute approximate surface area is 189 Å². The van der Waals surface area contributed by atoms with E-state index in [1.807, 2.05) is 42.6 Å². The molecule has 0 bridgehead atoms. The van der Waals surface area contributed by atoms with Gasteiger partial charge in [-0.2, -0.15) is 0 Å². The van der Waals surface area contributed by atoms with Gasteiger partial charge in [-0.15, -0.1) is 11.3 Å². The molecule has 3 aromatic rings. The lowest BCUT2D eigenvalue weighted by molar-refractivity contribution is -0.122. The standard InChI is InChI=1S/C24H21ClN2O3S/c1-16-7-9-19(10-8-16)27-22(28)15-20(23(27)29)26(24(30)21-6-3-13-31-21)12-11-17-4-2-5-18(25)14-17/h2-10,13-14,20H,11-12,15H2,1H3. The van der Waals surface area contributed by atoms with Crippen molar-refractivity contribution in [2.75, 3.05) is 11.4 Å². The highest BCUT2D eigenvalue weighted by molar-refractivity contribution is 7.12. The normalized spacial score (nSPS) is 16.1. The fraction of sp³-hybridized carbons (Fsp3) is 0.208. The van der Waals surface area contributed by atoms with E-state index >= 15 is 0 Å². The van der Waals surface area contributed by atoms with Gasteiger partial charge in [-0.05, 0) is 54.6 Å². The van der Waals surface area contributed by atoms with Gasteiger partial charge < -0.3 is 4.90 Å². The highest BCUT2D eigenvalue weighted by Gasteiger charge is 2.44. The van der Waals surface area contributed by atoms with E-state index in [1.54, 1.807) is 30.3 Å². The Hall–Kier alpha value is -2.96. The van der Waals surface area contributed by atoms with E-state index in [1.165, 1.54) is 21.1 Å². The van der Waals surface area contributed by atoms with Gasteiger partial charge in [0.25, 0.3) is 11.8 Å². The molecule has 1 aliphatic heterocycles. The SMILES string of the molecule is Cc1ccc(N2C(=O)CC(N(CCc3cccc(Cl)c3)C(=O)c3cccs3)C2=O)cc1. The van der Waals surface area contributed by atoms with Gasteiger partial charge in [0.1, 0.15) is 6.04 Å². The van der Waals surface area contributed by atoms with Crippen molar-refractivity contribution in [1.82, 2.24) is 4.90 Å². The highest BCUT2D eigenvalue weighted by Crippen LogP contribution is 2.28. The maximum Gasteiger partial charge on any atom is 0.264 e. The van der Waals surface area contributed by atoms with Gasteiger partial charge in [0, 0.05) is 11.6 Å². The number of carbonyl (C=O) groups is 3. The molecule has 0 N–H and O–H groups in total. The molecule has 1 aromatic heterocycles. The number of benzene rings is 2. The molecule has 1 saturated heterocycles. The molecule has 5 nitrogen and oxygen atoms in total. The van der Waals surface area contributed by atoms with Crippen LogP contribution < -0.4 is 4.90 Å². The van der Waals surface area contributed by atoms with Crippen LogP contribution >= 0.6 is 22.9 Å². The van der Waals surface area contributed by atoms with Gasteiger partial charge in [-0.3, -0.25) is 14.4 Å². The number of aryl methyl sites for hydroxylation is 1. The summed E-state index contributed by atoms with van der Waals surface area (Å²) < 4.78 is 0. The van der Waals surface area contributed by atoms with Crippen molar-refractivity contribution in [3.8, 4) is 0 Å². The number of nitrogens with zero attached hydrogens (tertiary/aromatic N) is 2. The molecule has 0 radical (unpaired) electrons. The predicted molar refractivity (Wildman–Crippen MR) is 123 cm³/mol. The monoisotopic (exact) mass is 452 g/mol. The van der Waals surface area contributed by atoms with Crippen molar-refractivity contribution in [2.45, 2.75) is 25.8 Å². The summed E-state index contributed by atoms with van der Waals surface area (Å²) in [5.74, 6) is -0.913. The van der Waals surface area contributed by atoms with Crippen molar-refractivity contribution in [2.24, 2.45) is 0 Å². The van der Waals surface area contributed by atoms with E-state index in [4.69, 9.17) is 11.6 Å². The Morgan fingerprint density at radius 3 is 2.58 bits per heavy atom. The van der Waals surface area contributed by atoms with Crippen LogP contribution in [0.15, 0.2) is 66.0 Å². The first-order valence-electron chi connectivity index (χ1n) is 9.96. The molecule has 1 unspecified atom stereocenters. The summed E-state index contributed by atoms with van der Waals surface area (Å²) in [5.41, 5.74) is 2.53. The molecule has 2 aromatic carbocycles. The lowest BCUT2D eigenvalue weighted by atomic mass is 10.1. The highest BCUT2D eigenvalue weighted by atomic mass is 35.5. The Bertz CT molecular complexity index is 1110. The van der Waals surface area contributed by atoms with Crippen LogP contribution in [0.5, 0.6) is 0 Å². The number of thiophene rings is 1. The molecule has 31 heavy (non-hydrogen) atoms. The summed E-state index contributed by atoms with van der Waals surface area (Å²) in [6.45, 7) is 2.25. The summed E-state index contributed by atoms with van der Waals surface area (Å²) in [6.07, 6.45) is 0.500. The summed E-state index contributed by atoms with van der Waals surface area (Å²) >= 11 is 7.41. The van der Waals surface area contributed by atoms with Crippen LogP contribution in [0.1, 0.15) is 27.2 Å². The van der Waals surface area contributed by atoms with Crippen LogP contribution in [-0.2, 0) is 16.0 Å². The molecule has 7 heteroatoms. The van der Waals surface area contributed by atoms with E-state index in [0.717, 1.165) is 11.1 Å². The molecule has 3 amide bonds. The van der Waals surface area contributed by atoms with Crippen LogP contribution in [-0.4, -0.2) is 35.2 Å². The molecule has 0 aliphatic carbocycles. The van der Waals surface area contributed by atoms with E-state index < -0.39 is 6.04 Å². The van der Waals surface area contributed by atoms with Crippen molar-refractivity contribution in [1.29, 1.82) is 0 Å². The number of hydrogen-bond donors (Lipinski definition) is 0. The average Bonchev–Trinajstić information content (AvgIpc) is 3.38. The van der Waals surface area contributed by atoms with Gasteiger partial charge in [0.2, 0.25) is 5.91 Å². The number of anilines is 1. The number of rotatable bonds is 6. The third-order valence-electron chi connectivity index (χ3n) is 5.31. The lowest BCUT2D eigenvalue weighted by Gasteiger charge is -2.27. The molecule has 1 fully saturated rings. The number of carbonyl (C=O) groups excluding carboxylic acids is 3. The minimum absolute atomic E-state index is 0.0284. The van der Waals surface area contributed by atoms with E-state index in [0.29, 0.717) is 28.6 Å². The van der Waals surface area contributed by atoms with Gasteiger partial charge in [-0.25, -0.2) is 4.90 Å². The second-order valence-electron chi connectivity index (χ2n) is 7.48. The molecular weight excluding hydrogens is 432 g/mol. The Morgan fingerprint density at radius 1 is 1.13 bits per heavy atom. The van der Waals surface area contributed by atoms with Crippen molar-refractivity contribution in [3.05, 3.63) is 87.1 Å². The Balaban J connectivity index is 1.61. The molecular formula is C24H21ClN2O3S. The van der Waals surface area contributed by atoms with Crippen molar-refractivity contribution >= 4 is 46.3 Å². The smallest absolute Gasteiger partial charge is 0.264 e. The summed E-state index contributed by atoms with van der Waals surface area (Å²) in [5, 5.41) is 2.44. The molecule has 0 saturated carbocycles. The molecule has 158 valence electrons. The molecule has 4 rings (SSSR count).